The molecule has 0 bridgehead atoms. The van der Waals surface area contributed by atoms with Gasteiger partial charge in [0.1, 0.15) is 18.1 Å². The van der Waals surface area contributed by atoms with E-state index in [9.17, 15) is 33.9 Å². The molecule has 1 heterocycles. The molecule has 0 saturated heterocycles. The van der Waals surface area contributed by atoms with Gasteiger partial charge in [0, 0.05) is 30.5 Å². The maximum atomic E-state index is 12.9. The fraction of sp³-hybridized carbons (Fsp3) is 0.500. The van der Waals surface area contributed by atoms with Gasteiger partial charge >= 0.3 is 11.9 Å². The van der Waals surface area contributed by atoms with Crippen LogP contribution in [0.1, 0.15) is 25.0 Å². The topological polar surface area (TPSA) is 260 Å². The average molecular weight is 502 g/mol. The van der Waals surface area contributed by atoms with E-state index >= 15 is 0 Å². The Hall–Kier alpha value is -3.66. The standard InChI is InChI=1S/C18H27N7O8S/c19-9(4-13(20)26)15(29)24-11(3-8-5-21-7-22-8)16(30)25-12(6-34)17(31)23-10(18(32)33)1-2-14(27)28/h5,7,9-12,34H,1-4,6,19H2,(H2,20,26)(H,21,22)(H,23,31)(H,24,29)(H,25,30)(H,27,28)(H,32,33). The lowest BCUT2D eigenvalue weighted by Crippen LogP contribution is -2.58. The summed E-state index contributed by atoms with van der Waals surface area (Å²) >= 11 is 3.99. The quantitative estimate of drug-likeness (QED) is 0.107. The summed E-state index contributed by atoms with van der Waals surface area (Å²) in [5, 5.41) is 24.8. The number of H-pyrrole nitrogens is 1. The zero-order valence-electron chi connectivity index (χ0n) is 17.9. The van der Waals surface area contributed by atoms with Crippen molar-refractivity contribution in [2.75, 3.05) is 5.75 Å². The Morgan fingerprint density at radius 2 is 1.59 bits per heavy atom. The van der Waals surface area contributed by atoms with Gasteiger partial charge < -0.3 is 42.6 Å². The number of nitrogens with zero attached hydrogens (tertiary/aromatic N) is 1. The highest BCUT2D eigenvalue weighted by atomic mass is 32.1. The predicted molar refractivity (Wildman–Crippen MR) is 118 cm³/mol. The molecule has 1 aromatic rings. The first-order valence-electron chi connectivity index (χ1n) is 9.92. The molecule has 4 atom stereocenters. The van der Waals surface area contributed by atoms with Crippen molar-refractivity contribution < 1.29 is 39.0 Å². The van der Waals surface area contributed by atoms with Crippen LogP contribution in [0.25, 0.3) is 0 Å². The number of imidazole rings is 1. The van der Waals surface area contributed by atoms with Crippen LogP contribution in [0, 0.1) is 0 Å². The molecule has 0 fully saturated rings. The van der Waals surface area contributed by atoms with Gasteiger partial charge in [-0.25, -0.2) is 9.78 Å². The second kappa shape index (κ2) is 13.8. The molecule has 0 aliphatic carbocycles. The van der Waals surface area contributed by atoms with Crippen LogP contribution in [0.4, 0.5) is 0 Å². The van der Waals surface area contributed by atoms with Crippen molar-refractivity contribution in [1.82, 2.24) is 25.9 Å². The molecule has 0 spiro atoms. The van der Waals surface area contributed by atoms with Crippen LogP contribution in [0.2, 0.25) is 0 Å². The monoisotopic (exact) mass is 501 g/mol. The molecule has 10 N–H and O–H groups in total. The van der Waals surface area contributed by atoms with Crippen molar-refractivity contribution in [2.45, 2.75) is 49.9 Å². The number of carboxylic acids is 2. The number of thiol groups is 1. The van der Waals surface area contributed by atoms with E-state index in [1.54, 1.807) is 0 Å². The van der Waals surface area contributed by atoms with Gasteiger partial charge in [-0.1, -0.05) is 0 Å². The second-order valence-corrected chi connectivity index (χ2v) is 7.56. The van der Waals surface area contributed by atoms with Gasteiger partial charge in [0.25, 0.3) is 0 Å². The van der Waals surface area contributed by atoms with Crippen LogP contribution in [-0.2, 0) is 35.2 Å². The van der Waals surface area contributed by atoms with E-state index in [0.29, 0.717) is 5.69 Å². The third-order valence-corrected chi connectivity index (χ3v) is 4.81. The predicted octanol–water partition coefficient (Wildman–Crippen LogP) is -3.51. The Morgan fingerprint density at radius 3 is 2.09 bits per heavy atom. The minimum atomic E-state index is -1.50. The summed E-state index contributed by atoms with van der Waals surface area (Å²) < 4.78 is 0. The summed E-state index contributed by atoms with van der Waals surface area (Å²) in [4.78, 5) is 77.2. The van der Waals surface area contributed by atoms with Crippen LogP contribution < -0.4 is 27.4 Å². The molecule has 15 nitrogen and oxygen atoms in total. The van der Waals surface area contributed by atoms with Gasteiger partial charge in [0.05, 0.1) is 18.8 Å². The number of nitrogens with two attached hydrogens (primary N) is 2. The first-order valence-corrected chi connectivity index (χ1v) is 10.6. The van der Waals surface area contributed by atoms with Gasteiger partial charge in [0.15, 0.2) is 0 Å². The molecule has 0 radical (unpaired) electrons. The molecule has 4 amide bonds. The fourth-order valence-corrected chi connectivity index (χ4v) is 2.93. The third-order valence-electron chi connectivity index (χ3n) is 4.45. The van der Waals surface area contributed by atoms with E-state index in [1.807, 2.05) is 0 Å². The van der Waals surface area contributed by atoms with Crippen molar-refractivity contribution in [3.8, 4) is 0 Å². The Kier molecular flexibility index (Phi) is 11.5. The molecule has 0 aromatic carbocycles. The lowest BCUT2D eigenvalue weighted by molar-refractivity contribution is -0.143. The van der Waals surface area contributed by atoms with Gasteiger partial charge in [-0.2, -0.15) is 12.6 Å². The van der Waals surface area contributed by atoms with Crippen LogP contribution >= 0.6 is 12.6 Å². The van der Waals surface area contributed by atoms with E-state index in [2.05, 4.69) is 38.5 Å². The summed E-state index contributed by atoms with van der Waals surface area (Å²) in [7, 11) is 0. The zero-order valence-corrected chi connectivity index (χ0v) is 18.8. The smallest absolute Gasteiger partial charge is 0.326 e. The molecule has 4 unspecified atom stereocenters. The van der Waals surface area contributed by atoms with E-state index < -0.39 is 72.6 Å². The first-order chi connectivity index (χ1) is 15.9. The first kappa shape index (κ1) is 28.4. The number of nitrogens with one attached hydrogen (secondary N) is 4. The van der Waals surface area contributed by atoms with Gasteiger partial charge in [-0.15, -0.1) is 0 Å². The van der Waals surface area contributed by atoms with E-state index in [4.69, 9.17) is 16.6 Å². The summed E-state index contributed by atoms with van der Waals surface area (Å²) in [6, 6.07) is -5.40. The maximum Gasteiger partial charge on any atom is 0.326 e. The fourth-order valence-electron chi connectivity index (χ4n) is 2.68. The van der Waals surface area contributed by atoms with E-state index in [-0.39, 0.29) is 18.6 Å². The number of primary amides is 1. The average Bonchev–Trinajstić information content (AvgIpc) is 3.26. The molecule has 34 heavy (non-hydrogen) atoms. The molecule has 1 rings (SSSR count). The van der Waals surface area contributed by atoms with E-state index in [0.717, 1.165) is 0 Å². The zero-order chi connectivity index (χ0) is 25.8. The maximum absolute atomic E-state index is 12.9. The lowest BCUT2D eigenvalue weighted by atomic mass is 10.1. The minimum absolute atomic E-state index is 0.0852. The van der Waals surface area contributed by atoms with Gasteiger partial charge in [-0.3, -0.25) is 24.0 Å². The number of amides is 4. The number of aromatic nitrogens is 2. The second-order valence-electron chi connectivity index (χ2n) is 7.19. The summed E-state index contributed by atoms with van der Waals surface area (Å²) in [6.45, 7) is 0. The number of carbonyl (C=O) groups excluding carboxylic acids is 4. The van der Waals surface area contributed by atoms with Crippen LogP contribution in [-0.4, -0.2) is 85.7 Å². The number of hydrogen-bond donors (Lipinski definition) is 9. The SMILES string of the molecule is NC(=O)CC(N)C(=O)NC(Cc1cnc[nH]1)C(=O)NC(CS)C(=O)NC(CCC(=O)O)C(=O)O. The summed E-state index contributed by atoms with van der Waals surface area (Å²) in [6.07, 6.45) is 1.33. The number of aliphatic carboxylic acids is 2. The van der Waals surface area contributed by atoms with Crippen molar-refractivity contribution >= 4 is 48.2 Å². The lowest BCUT2D eigenvalue weighted by Gasteiger charge is -2.24. The number of carboxylic acid groups (broad SMARTS) is 2. The van der Waals surface area contributed by atoms with Crippen molar-refractivity contribution in [3.63, 3.8) is 0 Å². The van der Waals surface area contributed by atoms with Gasteiger partial charge in [-0.05, 0) is 6.42 Å². The van der Waals surface area contributed by atoms with Crippen LogP contribution in [0.15, 0.2) is 12.5 Å². The Morgan fingerprint density at radius 1 is 1.00 bits per heavy atom. The molecular formula is C18H27N7O8S. The molecule has 0 aliphatic rings. The number of hydrogen-bond acceptors (Lipinski definition) is 9. The molecule has 1 aromatic heterocycles. The molecule has 188 valence electrons. The highest BCUT2D eigenvalue weighted by molar-refractivity contribution is 7.80. The summed E-state index contributed by atoms with van der Waals surface area (Å²) in [5.41, 5.74) is 11.1. The molecule has 0 saturated carbocycles. The highest BCUT2D eigenvalue weighted by Gasteiger charge is 2.30. The Balaban J connectivity index is 2.92. The number of rotatable bonds is 15. The largest absolute Gasteiger partial charge is 0.481 e. The van der Waals surface area contributed by atoms with Crippen LogP contribution in [0.3, 0.4) is 0 Å². The van der Waals surface area contributed by atoms with Crippen molar-refractivity contribution in [2.24, 2.45) is 11.5 Å². The van der Waals surface area contributed by atoms with E-state index in [1.165, 1.54) is 12.5 Å². The molecule has 16 heteroatoms. The number of aromatic amines is 1. The third kappa shape index (κ3) is 9.86. The normalized spacial score (nSPS) is 14.2. The molecule has 0 aliphatic heterocycles. The number of carbonyl (C=O) groups is 6. The van der Waals surface area contributed by atoms with Gasteiger partial charge in [0.2, 0.25) is 23.6 Å². The van der Waals surface area contributed by atoms with Crippen LogP contribution in [0.5, 0.6) is 0 Å². The van der Waals surface area contributed by atoms with Crippen molar-refractivity contribution in [3.05, 3.63) is 18.2 Å². The Bertz CT molecular complexity index is 895. The van der Waals surface area contributed by atoms with Crippen molar-refractivity contribution in [1.29, 1.82) is 0 Å². The molecular weight excluding hydrogens is 474 g/mol. The Labute approximate surface area is 198 Å². The highest BCUT2D eigenvalue weighted by Crippen LogP contribution is 2.03. The summed E-state index contributed by atoms with van der Waals surface area (Å²) in [5.74, 6) is -6.35. The minimum Gasteiger partial charge on any atom is -0.481 e.